The molecule has 2 aromatic heterocycles. The maximum absolute atomic E-state index is 4.80. The van der Waals surface area contributed by atoms with Gasteiger partial charge in [0.2, 0.25) is 0 Å². The summed E-state index contributed by atoms with van der Waals surface area (Å²) in [6.07, 6.45) is 1.02. The molecule has 0 amide bonds. The lowest BCUT2D eigenvalue weighted by Gasteiger charge is -2.24. The first-order valence-electron chi connectivity index (χ1n) is 8.96. The van der Waals surface area contributed by atoms with Crippen LogP contribution in [0.2, 0.25) is 0 Å². The first kappa shape index (κ1) is 18.3. The number of nitrogens with zero attached hydrogens (tertiary/aromatic N) is 1. The molecule has 0 fully saturated rings. The predicted molar refractivity (Wildman–Crippen MR) is 111 cm³/mol. The van der Waals surface area contributed by atoms with Crippen LogP contribution in [0.1, 0.15) is 73.2 Å². The minimum Gasteiger partial charge on any atom is -0.246 e. The highest BCUT2D eigenvalue weighted by atomic mass is 32.1. The van der Waals surface area contributed by atoms with Crippen molar-refractivity contribution in [2.45, 2.75) is 58.3 Å². The average molecular weight is 370 g/mol. The average Bonchev–Trinajstić information content (AvgIpc) is 3.25. The summed E-state index contributed by atoms with van der Waals surface area (Å²) in [6, 6.07) is 13.2. The normalized spacial score (nSPS) is 13.4. The van der Waals surface area contributed by atoms with Gasteiger partial charge in [0, 0.05) is 21.6 Å². The Morgan fingerprint density at radius 1 is 0.960 bits per heavy atom. The van der Waals surface area contributed by atoms with E-state index in [1.807, 2.05) is 11.3 Å². The fourth-order valence-corrected chi connectivity index (χ4v) is 5.04. The van der Waals surface area contributed by atoms with Crippen LogP contribution in [0.3, 0.4) is 0 Å². The van der Waals surface area contributed by atoms with Gasteiger partial charge in [-0.3, -0.25) is 0 Å². The summed E-state index contributed by atoms with van der Waals surface area (Å²) in [4.78, 5) is 6.26. The number of thiazole rings is 1. The van der Waals surface area contributed by atoms with Crippen LogP contribution in [0.25, 0.3) is 0 Å². The molecule has 3 aromatic rings. The molecule has 1 nitrogen and oxygen atoms in total. The van der Waals surface area contributed by atoms with Crippen molar-refractivity contribution in [3.8, 4) is 0 Å². The summed E-state index contributed by atoms with van der Waals surface area (Å²) in [6.45, 7) is 11.4. The highest BCUT2D eigenvalue weighted by Crippen LogP contribution is 2.37. The molecule has 1 atom stereocenters. The smallest absolute Gasteiger partial charge is 0.0953 e. The summed E-state index contributed by atoms with van der Waals surface area (Å²) < 4.78 is 0. The van der Waals surface area contributed by atoms with Gasteiger partial charge in [-0.25, -0.2) is 4.98 Å². The molecule has 3 heteroatoms. The van der Waals surface area contributed by atoms with E-state index in [1.165, 1.54) is 26.7 Å². The first-order valence-corrected chi connectivity index (χ1v) is 10.7. The Balaban J connectivity index is 1.76. The quantitative estimate of drug-likeness (QED) is 0.456. The van der Waals surface area contributed by atoms with Crippen molar-refractivity contribution in [2.75, 3.05) is 0 Å². The van der Waals surface area contributed by atoms with Crippen LogP contribution < -0.4 is 0 Å². The van der Waals surface area contributed by atoms with E-state index < -0.39 is 0 Å². The largest absolute Gasteiger partial charge is 0.246 e. The van der Waals surface area contributed by atoms with E-state index >= 15 is 0 Å². The van der Waals surface area contributed by atoms with Crippen LogP contribution in [0.5, 0.6) is 0 Å². The predicted octanol–water partition coefficient (Wildman–Crippen LogP) is 7.00. The molecule has 0 aliphatic rings. The SMILES string of the molecule is CC(C)c1nc(CC(C)c2cc(C(C)(C)c3ccccc3)cs2)cs1. The Morgan fingerprint density at radius 3 is 2.32 bits per heavy atom. The van der Waals surface area contributed by atoms with E-state index in [0.717, 1.165) is 6.42 Å². The summed E-state index contributed by atoms with van der Waals surface area (Å²) >= 11 is 3.68. The Bertz CT molecular complexity index is 811. The van der Waals surface area contributed by atoms with Gasteiger partial charge in [-0.15, -0.1) is 22.7 Å². The van der Waals surface area contributed by atoms with Gasteiger partial charge in [0.25, 0.3) is 0 Å². The van der Waals surface area contributed by atoms with Gasteiger partial charge in [-0.2, -0.15) is 0 Å². The second-order valence-electron chi connectivity index (χ2n) is 7.67. The molecule has 25 heavy (non-hydrogen) atoms. The Kier molecular flexibility index (Phi) is 5.45. The Labute approximate surface area is 159 Å². The van der Waals surface area contributed by atoms with E-state index in [9.17, 15) is 0 Å². The molecule has 0 saturated carbocycles. The fraction of sp³-hybridized carbons (Fsp3) is 0.409. The third-order valence-electron chi connectivity index (χ3n) is 4.90. The lowest BCUT2D eigenvalue weighted by atomic mass is 9.79. The van der Waals surface area contributed by atoms with E-state index in [1.54, 1.807) is 11.3 Å². The van der Waals surface area contributed by atoms with Crippen molar-refractivity contribution >= 4 is 22.7 Å². The molecule has 0 aliphatic carbocycles. The Morgan fingerprint density at radius 2 is 1.68 bits per heavy atom. The lowest BCUT2D eigenvalue weighted by molar-refractivity contribution is 0.641. The molecular formula is C22H27NS2. The molecule has 1 aromatic carbocycles. The van der Waals surface area contributed by atoms with E-state index in [2.05, 4.69) is 81.8 Å². The van der Waals surface area contributed by atoms with Crippen molar-refractivity contribution in [3.63, 3.8) is 0 Å². The van der Waals surface area contributed by atoms with Crippen LogP contribution in [0, 0.1) is 0 Å². The van der Waals surface area contributed by atoms with Crippen LogP contribution in [0.4, 0.5) is 0 Å². The molecule has 0 N–H and O–H groups in total. The highest BCUT2D eigenvalue weighted by Gasteiger charge is 2.25. The molecule has 0 radical (unpaired) electrons. The van der Waals surface area contributed by atoms with Gasteiger partial charge < -0.3 is 0 Å². The number of thiophene rings is 1. The van der Waals surface area contributed by atoms with Gasteiger partial charge in [0.05, 0.1) is 10.7 Å². The number of hydrogen-bond donors (Lipinski definition) is 0. The maximum atomic E-state index is 4.80. The molecule has 0 aliphatic heterocycles. The molecule has 2 heterocycles. The minimum absolute atomic E-state index is 0.0428. The van der Waals surface area contributed by atoms with E-state index in [0.29, 0.717) is 11.8 Å². The van der Waals surface area contributed by atoms with Crippen molar-refractivity contribution in [2.24, 2.45) is 0 Å². The zero-order valence-electron chi connectivity index (χ0n) is 15.7. The monoisotopic (exact) mass is 369 g/mol. The number of benzene rings is 1. The molecule has 3 rings (SSSR count). The zero-order chi connectivity index (χ0) is 18.0. The van der Waals surface area contributed by atoms with Crippen LogP contribution in [-0.4, -0.2) is 4.98 Å². The summed E-state index contributed by atoms with van der Waals surface area (Å²) in [7, 11) is 0. The van der Waals surface area contributed by atoms with Gasteiger partial charge in [-0.05, 0) is 34.9 Å². The highest BCUT2D eigenvalue weighted by molar-refractivity contribution is 7.10. The topological polar surface area (TPSA) is 12.9 Å². The number of aromatic nitrogens is 1. The van der Waals surface area contributed by atoms with Crippen LogP contribution in [-0.2, 0) is 11.8 Å². The minimum atomic E-state index is 0.0428. The third-order valence-corrected chi connectivity index (χ3v) is 7.26. The van der Waals surface area contributed by atoms with E-state index in [4.69, 9.17) is 4.98 Å². The molecule has 0 bridgehead atoms. The van der Waals surface area contributed by atoms with Crippen molar-refractivity contribution in [1.29, 1.82) is 0 Å². The van der Waals surface area contributed by atoms with Crippen molar-refractivity contribution < 1.29 is 0 Å². The molecule has 0 saturated heterocycles. The van der Waals surface area contributed by atoms with Crippen molar-refractivity contribution in [3.05, 3.63) is 73.9 Å². The zero-order valence-corrected chi connectivity index (χ0v) is 17.4. The summed E-state index contributed by atoms with van der Waals surface area (Å²) in [5.74, 6) is 1.03. The Hall–Kier alpha value is -1.45. The van der Waals surface area contributed by atoms with Crippen molar-refractivity contribution in [1.82, 2.24) is 4.98 Å². The molecular weight excluding hydrogens is 342 g/mol. The van der Waals surface area contributed by atoms with E-state index in [-0.39, 0.29) is 5.41 Å². The molecule has 1 unspecified atom stereocenters. The lowest BCUT2D eigenvalue weighted by Crippen LogP contribution is -2.17. The maximum Gasteiger partial charge on any atom is 0.0953 e. The van der Waals surface area contributed by atoms with Gasteiger partial charge in [0.1, 0.15) is 0 Å². The van der Waals surface area contributed by atoms with Gasteiger partial charge in [0.15, 0.2) is 0 Å². The molecule has 0 spiro atoms. The number of rotatable bonds is 6. The van der Waals surface area contributed by atoms with Gasteiger partial charge in [-0.1, -0.05) is 65.0 Å². The second kappa shape index (κ2) is 7.43. The second-order valence-corrected chi connectivity index (χ2v) is 9.50. The standard InChI is InChI=1S/C22H27NS2/c1-15(2)21-23-19(14-25-21)11-16(3)20-12-18(13-24-20)22(4,5)17-9-7-6-8-10-17/h6-10,12-16H,11H2,1-5H3. The summed E-state index contributed by atoms with van der Waals surface area (Å²) in [5.41, 5.74) is 4.06. The fourth-order valence-electron chi connectivity index (χ4n) is 3.06. The van der Waals surface area contributed by atoms with Crippen LogP contribution in [0.15, 0.2) is 47.2 Å². The first-order chi connectivity index (χ1) is 11.9. The number of hydrogen-bond acceptors (Lipinski definition) is 3. The molecule has 132 valence electrons. The summed E-state index contributed by atoms with van der Waals surface area (Å²) in [5, 5.41) is 5.81. The van der Waals surface area contributed by atoms with Crippen LogP contribution >= 0.6 is 22.7 Å². The van der Waals surface area contributed by atoms with Gasteiger partial charge >= 0.3 is 0 Å². The third kappa shape index (κ3) is 4.04.